The fourth-order valence-corrected chi connectivity index (χ4v) is 2.63. The maximum absolute atomic E-state index is 6.17. The Hall–Kier alpha value is -1.88. The third kappa shape index (κ3) is 2.18. The van der Waals surface area contributed by atoms with Crippen molar-refractivity contribution in [3.8, 4) is 11.5 Å². The van der Waals surface area contributed by atoms with Gasteiger partial charge in [0.15, 0.2) is 11.5 Å². The molecule has 6 heteroatoms. The second-order valence-electron chi connectivity index (χ2n) is 4.83. The molecule has 0 spiro atoms. The first-order valence-corrected chi connectivity index (χ1v) is 6.76. The van der Waals surface area contributed by atoms with E-state index in [0.29, 0.717) is 23.1 Å². The Labute approximate surface area is 122 Å². The fraction of sp³-hybridized carbons (Fsp3) is 0.357. The van der Waals surface area contributed by atoms with Gasteiger partial charge in [0.05, 0.1) is 22.1 Å². The van der Waals surface area contributed by atoms with Crippen LogP contribution in [0, 0.1) is 13.8 Å². The number of benzene rings is 1. The average molecular weight is 294 g/mol. The summed E-state index contributed by atoms with van der Waals surface area (Å²) in [4.78, 5) is 0. The first kappa shape index (κ1) is 13.1. The Balaban J connectivity index is 1.81. The van der Waals surface area contributed by atoms with Gasteiger partial charge in [-0.1, -0.05) is 11.6 Å². The van der Waals surface area contributed by atoms with E-state index >= 15 is 0 Å². The Morgan fingerprint density at radius 1 is 1.35 bits per heavy atom. The zero-order valence-electron chi connectivity index (χ0n) is 11.7. The molecule has 0 bridgehead atoms. The highest BCUT2D eigenvalue weighted by molar-refractivity contribution is 6.32. The molecule has 1 aliphatic heterocycles. The van der Waals surface area contributed by atoms with Gasteiger partial charge in [-0.15, -0.1) is 0 Å². The average Bonchev–Trinajstić information content (AvgIpc) is 2.95. The molecule has 0 amide bonds. The third-order valence-electron chi connectivity index (χ3n) is 3.47. The highest BCUT2D eigenvalue weighted by Gasteiger charge is 2.18. The Morgan fingerprint density at radius 2 is 2.15 bits per heavy atom. The number of hydrogen-bond acceptors (Lipinski definition) is 4. The molecule has 1 aromatic heterocycles. The SMILES string of the molecule is Cc1nn(C)c(C)c1NCc1cc(Cl)c2c(c1)OCO2. The molecular formula is C14H16ClN3O2. The maximum Gasteiger partial charge on any atom is 0.231 e. The predicted molar refractivity (Wildman–Crippen MR) is 77.6 cm³/mol. The number of aryl methyl sites for hydroxylation is 2. The molecule has 2 aromatic rings. The number of aromatic nitrogens is 2. The predicted octanol–water partition coefficient (Wildman–Crippen LogP) is 3.03. The smallest absolute Gasteiger partial charge is 0.231 e. The lowest BCUT2D eigenvalue weighted by molar-refractivity contribution is 0.174. The van der Waals surface area contributed by atoms with Crippen molar-refractivity contribution in [1.82, 2.24) is 9.78 Å². The second kappa shape index (κ2) is 4.90. The minimum atomic E-state index is 0.229. The number of hydrogen-bond donors (Lipinski definition) is 1. The molecule has 106 valence electrons. The number of nitrogens with zero attached hydrogens (tertiary/aromatic N) is 2. The number of ether oxygens (including phenoxy) is 2. The van der Waals surface area contributed by atoms with Crippen molar-refractivity contribution < 1.29 is 9.47 Å². The summed E-state index contributed by atoms with van der Waals surface area (Å²) in [5.74, 6) is 1.33. The van der Waals surface area contributed by atoms with E-state index in [9.17, 15) is 0 Å². The zero-order valence-corrected chi connectivity index (χ0v) is 12.4. The van der Waals surface area contributed by atoms with Gasteiger partial charge in [0.1, 0.15) is 0 Å². The maximum atomic E-state index is 6.17. The van der Waals surface area contributed by atoms with Gasteiger partial charge < -0.3 is 14.8 Å². The van der Waals surface area contributed by atoms with E-state index in [1.165, 1.54) is 0 Å². The van der Waals surface area contributed by atoms with E-state index in [1.54, 1.807) is 0 Å². The van der Waals surface area contributed by atoms with Crippen molar-refractivity contribution in [1.29, 1.82) is 0 Å². The van der Waals surface area contributed by atoms with Crippen LogP contribution in [0.25, 0.3) is 0 Å². The standard InChI is InChI=1S/C14H16ClN3O2/c1-8-13(9(2)18(3)17-8)16-6-10-4-11(15)14-12(5-10)19-7-20-14/h4-5,16H,6-7H2,1-3H3. The Bertz CT molecular complexity index is 667. The summed E-state index contributed by atoms with van der Waals surface area (Å²) in [6.07, 6.45) is 0. The van der Waals surface area contributed by atoms with Crippen LogP contribution < -0.4 is 14.8 Å². The summed E-state index contributed by atoms with van der Waals surface area (Å²) in [6, 6.07) is 3.84. The molecule has 0 fully saturated rings. The lowest BCUT2D eigenvalue weighted by atomic mass is 10.2. The van der Waals surface area contributed by atoms with Gasteiger partial charge in [0.2, 0.25) is 6.79 Å². The Kier molecular flexibility index (Phi) is 3.22. The fourth-order valence-electron chi connectivity index (χ4n) is 2.34. The topological polar surface area (TPSA) is 48.3 Å². The zero-order chi connectivity index (χ0) is 14.3. The lowest BCUT2D eigenvalue weighted by Crippen LogP contribution is -2.02. The van der Waals surface area contributed by atoms with Crippen LogP contribution in [0.15, 0.2) is 12.1 Å². The van der Waals surface area contributed by atoms with Crippen molar-refractivity contribution in [2.45, 2.75) is 20.4 Å². The molecular weight excluding hydrogens is 278 g/mol. The molecule has 1 aliphatic rings. The summed E-state index contributed by atoms with van der Waals surface area (Å²) < 4.78 is 12.5. The van der Waals surface area contributed by atoms with Crippen LogP contribution in [-0.2, 0) is 13.6 Å². The van der Waals surface area contributed by atoms with Gasteiger partial charge in [0.25, 0.3) is 0 Å². The van der Waals surface area contributed by atoms with Crippen LogP contribution in [0.2, 0.25) is 5.02 Å². The number of rotatable bonds is 3. The van der Waals surface area contributed by atoms with Crippen LogP contribution in [0.4, 0.5) is 5.69 Å². The van der Waals surface area contributed by atoms with E-state index < -0.39 is 0 Å². The molecule has 0 radical (unpaired) electrons. The summed E-state index contributed by atoms with van der Waals surface area (Å²) >= 11 is 6.17. The van der Waals surface area contributed by atoms with Gasteiger partial charge in [-0.2, -0.15) is 5.10 Å². The van der Waals surface area contributed by atoms with Crippen LogP contribution in [0.5, 0.6) is 11.5 Å². The summed E-state index contributed by atoms with van der Waals surface area (Å²) in [6.45, 7) is 4.91. The summed E-state index contributed by atoms with van der Waals surface area (Å²) in [5.41, 5.74) is 4.19. The monoisotopic (exact) mass is 293 g/mol. The Morgan fingerprint density at radius 3 is 2.85 bits per heavy atom. The van der Waals surface area contributed by atoms with Gasteiger partial charge in [-0.05, 0) is 31.5 Å². The molecule has 1 N–H and O–H groups in total. The van der Waals surface area contributed by atoms with E-state index in [1.807, 2.05) is 37.7 Å². The lowest BCUT2D eigenvalue weighted by Gasteiger charge is -2.08. The van der Waals surface area contributed by atoms with Crippen LogP contribution in [0.3, 0.4) is 0 Å². The van der Waals surface area contributed by atoms with E-state index in [2.05, 4.69) is 10.4 Å². The van der Waals surface area contributed by atoms with Crippen molar-refractivity contribution in [3.05, 3.63) is 34.1 Å². The third-order valence-corrected chi connectivity index (χ3v) is 3.75. The minimum Gasteiger partial charge on any atom is -0.454 e. The van der Waals surface area contributed by atoms with Crippen molar-refractivity contribution in [2.24, 2.45) is 7.05 Å². The number of halogens is 1. The molecule has 5 nitrogen and oxygen atoms in total. The highest BCUT2D eigenvalue weighted by atomic mass is 35.5. The van der Waals surface area contributed by atoms with Gasteiger partial charge >= 0.3 is 0 Å². The largest absolute Gasteiger partial charge is 0.454 e. The summed E-state index contributed by atoms with van der Waals surface area (Å²) in [5, 5.41) is 8.36. The number of nitrogens with one attached hydrogen (secondary N) is 1. The molecule has 20 heavy (non-hydrogen) atoms. The van der Waals surface area contributed by atoms with Gasteiger partial charge in [0, 0.05) is 13.6 Å². The van der Waals surface area contributed by atoms with E-state index in [0.717, 1.165) is 22.6 Å². The molecule has 1 aromatic carbocycles. The van der Waals surface area contributed by atoms with Crippen molar-refractivity contribution in [2.75, 3.05) is 12.1 Å². The van der Waals surface area contributed by atoms with E-state index in [-0.39, 0.29) is 6.79 Å². The summed E-state index contributed by atoms with van der Waals surface area (Å²) in [7, 11) is 1.94. The molecule has 0 saturated heterocycles. The van der Waals surface area contributed by atoms with Gasteiger partial charge in [-0.3, -0.25) is 4.68 Å². The molecule has 0 unspecified atom stereocenters. The van der Waals surface area contributed by atoms with Crippen LogP contribution in [0.1, 0.15) is 17.0 Å². The molecule has 2 heterocycles. The number of anilines is 1. The first-order valence-electron chi connectivity index (χ1n) is 6.38. The molecule has 0 aliphatic carbocycles. The van der Waals surface area contributed by atoms with Crippen molar-refractivity contribution in [3.63, 3.8) is 0 Å². The van der Waals surface area contributed by atoms with E-state index in [4.69, 9.17) is 21.1 Å². The molecule has 3 rings (SSSR count). The number of fused-ring (bicyclic) bond motifs is 1. The van der Waals surface area contributed by atoms with Crippen LogP contribution >= 0.6 is 11.6 Å². The highest BCUT2D eigenvalue weighted by Crippen LogP contribution is 2.39. The van der Waals surface area contributed by atoms with Crippen molar-refractivity contribution >= 4 is 17.3 Å². The molecule has 0 saturated carbocycles. The molecule has 0 atom stereocenters. The van der Waals surface area contributed by atoms with Gasteiger partial charge in [-0.25, -0.2) is 0 Å². The second-order valence-corrected chi connectivity index (χ2v) is 5.24. The normalized spacial score (nSPS) is 12.8. The minimum absolute atomic E-state index is 0.229. The van der Waals surface area contributed by atoms with Crippen LogP contribution in [-0.4, -0.2) is 16.6 Å². The first-order chi connectivity index (χ1) is 9.56. The quantitative estimate of drug-likeness (QED) is 0.945.